The molecule has 0 saturated carbocycles. The molecular formula is C13H14ClNO3. The van der Waals surface area contributed by atoms with Crippen molar-refractivity contribution in [3.05, 3.63) is 28.8 Å². The van der Waals surface area contributed by atoms with Gasteiger partial charge in [-0.25, -0.2) is 4.79 Å². The van der Waals surface area contributed by atoms with Crippen molar-refractivity contribution in [3.8, 4) is 11.8 Å². The van der Waals surface area contributed by atoms with Crippen LogP contribution in [0.25, 0.3) is 0 Å². The van der Waals surface area contributed by atoms with Crippen LogP contribution >= 0.6 is 11.6 Å². The highest BCUT2D eigenvalue weighted by atomic mass is 35.5. The molecule has 18 heavy (non-hydrogen) atoms. The molecule has 0 amide bonds. The molecule has 1 rings (SSSR count). The summed E-state index contributed by atoms with van der Waals surface area (Å²) >= 11 is 5.96. The van der Waals surface area contributed by atoms with Gasteiger partial charge >= 0.3 is 5.97 Å². The molecule has 0 heterocycles. The third kappa shape index (κ3) is 3.64. The lowest BCUT2D eigenvalue weighted by molar-refractivity contribution is -0.151. The third-order valence-corrected chi connectivity index (χ3v) is 2.55. The van der Waals surface area contributed by atoms with Gasteiger partial charge in [0.1, 0.15) is 5.75 Å². The van der Waals surface area contributed by atoms with Crippen LogP contribution in [0.15, 0.2) is 18.2 Å². The molecule has 0 aromatic heterocycles. The molecule has 0 aliphatic rings. The molecule has 0 aliphatic heterocycles. The molecule has 0 bridgehead atoms. The van der Waals surface area contributed by atoms with E-state index in [-0.39, 0.29) is 0 Å². The van der Waals surface area contributed by atoms with Crippen LogP contribution in [0.1, 0.15) is 25.8 Å². The van der Waals surface area contributed by atoms with Gasteiger partial charge in [-0.15, -0.1) is 0 Å². The lowest BCUT2D eigenvalue weighted by atomic mass is 10.2. The van der Waals surface area contributed by atoms with Crippen LogP contribution in [0.4, 0.5) is 0 Å². The molecule has 0 N–H and O–H groups in total. The van der Waals surface area contributed by atoms with E-state index in [1.165, 1.54) is 6.07 Å². The average Bonchev–Trinajstić information content (AvgIpc) is 2.37. The monoisotopic (exact) mass is 267 g/mol. The lowest BCUT2D eigenvalue weighted by Crippen LogP contribution is -2.28. The highest BCUT2D eigenvalue weighted by molar-refractivity contribution is 6.32. The Labute approximate surface area is 111 Å². The maximum absolute atomic E-state index is 11.6. The fraction of sp³-hybridized carbons (Fsp3) is 0.385. The van der Waals surface area contributed by atoms with E-state index in [1.54, 1.807) is 19.1 Å². The molecule has 0 radical (unpaired) electrons. The first kappa shape index (κ1) is 14.3. The topological polar surface area (TPSA) is 59.3 Å². The molecule has 4 nitrogen and oxygen atoms in total. The van der Waals surface area contributed by atoms with Gasteiger partial charge in [-0.3, -0.25) is 0 Å². The zero-order chi connectivity index (χ0) is 13.5. The lowest BCUT2D eigenvalue weighted by Gasteiger charge is -2.16. The second-order valence-corrected chi connectivity index (χ2v) is 3.93. The van der Waals surface area contributed by atoms with Crippen LogP contribution in [0, 0.1) is 11.3 Å². The van der Waals surface area contributed by atoms with Crippen molar-refractivity contribution in [2.45, 2.75) is 26.4 Å². The Kier molecular flexibility index (Phi) is 5.47. The Morgan fingerprint density at radius 3 is 2.72 bits per heavy atom. The zero-order valence-electron chi connectivity index (χ0n) is 10.3. The largest absolute Gasteiger partial charge is 0.477 e. The summed E-state index contributed by atoms with van der Waals surface area (Å²) in [5.41, 5.74) is 0.441. The summed E-state index contributed by atoms with van der Waals surface area (Å²) in [5.74, 6) is -0.0454. The van der Waals surface area contributed by atoms with Gasteiger partial charge in [0.25, 0.3) is 0 Å². The van der Waals surface area contributed by atoms with Gasteiger partial charge in [0.2, 0.25) is 0 Å². The van der Waals surface area contributed by atoms with E-state index in [4.69, 9.17) is 26.3 Å². The predicted molar refractivity (Wildman–Crippen MR) is 67.5 cm³/mol. The van der Waals surface area contributed by atoms with Crippen molar-refractivity contribution in [3.63, 3.8) is 0 Å². The molecule has 0 saturated heterocycles. The van der Waals surface area contributed by atoms with Gasteiger partial charge in [-0.05, 0) is 31.5 Å². The minimum absolute atomic E-state index is 0.303. The Morgan fingerprint density at radius 2 is 2.22 bits per heavy atom. The zero-order valence-corrected chi connectivity index (χ0v) is 11.0. The van der Waals surface area contributed by atoms with Gasteiger partial charge in [0, 0.05) is 0 Å². The third-order valence-electron chi connectivity index (χ3n) is 2.25. The van der Waals surface area contributed by atoms with Crippen LogP contribution < -0.4 is 4.74 Å². The minimum Gasteiger partial charge on any atom is -0.477 e. The summed E-state index contributed by atoms with van der Waals surface area (Å²) in [7, 11) is 0. The molecule has 1 aromatic rings. The standard InChI is InChI=1S/C13H14ClNO3/c1-3-11(13(16)17-4-2)18-12-6-5-9(8-15)7-10(12)14/h5-7,11H,3-4H2,1-2H3. The van der Waals surface area contributed by atoms with Crippen molar-refractivity contribution in [2.24, 2.45) is 0 Å². The Hall–Kier alpha value is -1.73. The number of carbonyl (C=O) groups excluding carboxylic acids is 1. The van der Waals surface area contributed by atoms with Gasteiger partial charge in [-0.2, -0.15) is 5.26 Å². The van der Waals surface area contributed by atoms with Crippen LogP contribution in [0.2, 0.25) is 5.02 Å². The van der Waals surface area contributed by atoms with Crippen molar-refractivity contribution >= 4 is 17.6 Å². The number of benzene rings is 1. The molecule has 1 unspecified atom stereocenters. The molecule has 1 atom stereocenters. The number of halogens is 1. The maximum Gasteiger partial charge on any atom is 0.347 e. The Morgan fingerprint density at radius 1 is 1.50 bits per heavy atom. The number of nitrogens with zero attached hydrogens (tertiary/aromatic N) is 1. The Balaban J connectivity index is 2.82. The highest BCUT2D eigenvalue weighted by Gasteiger charge is 2.20. The number of hydrogen-bond donors (Lipinski definition) is 0. The molecule has 0 aliphatic carbocycles. The molecule has 0 spiro atoms. The molecule has 5 heteroatoms. The van der Waals surface area contributed by atoms with Gasteiger partial charge in [-0.1, -0.05) is 18.5 Å². The van der Waals surface area contributed by atoms with Gasteiger partial charge in [0.15, 0.2) is 6.10 Å². The summed E-state index contributed by atoms with van der Waals surface area (Å²) < 4.78 is 10.4. The Bertz CT molecular complexity index is 468. The van der Waals surface area contributed by atoms with Crippen LogP contribution in [0.3, 0.4) is 0 Å². The number of hydrogen-bond acceptors (Lipinski definition) is 4. The fourth-order valence-electron chi connectivity index (χ4n) is 1.35. The minimum atomic E-state index is -0.685. The fourth-order valence-corrected chi connectivity index (χ4v) is 1.58. The first-order valence-electron chi connectivity index (χ1n) is 5.65. The SMILES string of the molecule is CCOC(=O)C(CC)Oc1ccc(C#N)cc1Cl. The maximum atomic E-state index is 11.6. The number of nitriles is 1. The van der Waals surface area contributed by atoms with Crippen molar-refractivity contribution in [1.29, 1.82) is 5.26 Å². The summed E-state index contributed by atoms with van der Waals surface area (Å²) in [4.78, 5) is 11.6. The number of rotatable bonds is 5. The summed E-state index contributed by atoms with van der Waals surface area (Å²) in [6.45, 7) is 3.86. The number of ether oxygens (including phenoxy) is 2. The van der Waals surface area contributed by atoms with Gasteiger partial charge < -0.3 is 9.47 Å². The van der Waals surface area contributed by atoms with Crippen LogP contribution in [0.5, 0.6) is 5.75 Å². The van der Waals surface area contributed by atoms with Crippen LogP contribution in [-0.4, -0.2) is 18.7 Å². The molecule has 0 fully saturated rings. The number of carbonyl (C=O) groups is 1. The van der Waals surface area contributed by atoms with Crippen molar-refractivity contribution < 1.29 is 14.3 Å². The van der Waals surface area contributed by atoms with Crippen LogP contribution in [-0.2, 0) is 9.53 Å². The van der Waals surface area contributed by atoms with Crippen molar-refractivity contribution in [2.75, 3.05) is 6.61 Å². The van der Waals surface area contributed by atoms with E-state index < -0.39 is 12.1 Å². The quantitative estimate of drug-likeness (QED) is 0.770. The molecule has 96 valence electrons. The smallest absolute Gasteiger partial charge is 0.347 e. The van der Waals surface area contributed by atoms with E-state index in [0.717, 1.165) is 0 Å². The van der Waals surface area contributed by atoms with Crippen molar-refractivity contribution in [1.82, 2.24) is 0 Å². The molecular weight excluding hydrogens is 254 g/mol. The van der Waals surface area contributed by atoms with E-state index in [1.807, 2.05) is 13.0 Å². The first-order valence-corrected chi connectivity index (χ1v) is 6.03. The van der Waals surface area contributed by atoms with E-state index in [2.05, 4.69) is 0 Å². The normalized spacial score (nSPS) is 11.4. The number of esters is 1. The highest BCUT2D eigenvalue weighted by Crippen LogP contribution is 2.26. The van der Waals surface area contributed by atoms with Gasteiger partial charge in [0.05, 0.1) is 23.3 Å². The first-order chi connectivity index (χ1) is 8.62. The van der Waals surface area contributed by atoms with E-state index in [0.29, 0.717) is 29.4 Å². The second-order valence-electron chi connectivity index (χ2n) is 3.52. The molecule has 1 aromatic carbocycles. The van der Waals surface area contributed by atoms with E-state index >= 15 is 0 Å². The summed E-state index contributed by atoms with van der Waals surface area (Å²) in [6.07, 6.45) is -0.204. The second kappa shape index (κ2) is 6.87. The summed E-state index contributed by atoms with van der Waals surface area (Å²) in [6, 6.07) is 6.62. The van der Waals surface area contributed by atoms with E-state index in [9.17, 15) is 4.79 Å². The summed E-state index contributed by atoms with van der Waals surface area (Å²) in [5, 5.41) is 9.02. The average molecular weight is 268 g/mol. The predicted octanol–water partition coefficient (Wildman–Crippen LogP) is 2.93.